The lowest BCUT2D eigenvalue weighted by Crippen LogP contribution is -2.19. The standard InChI is InChI=1S/C20H18N4OS/c1-13-3-7-15(8-4-13)12-26-19-22-18-17(11-21-24(18)20(25)23-19)16-9-5-14(2)6-10-16/h3-11H,12H2,1-2H3,(H,22,23,25). The molecule has 0 radical (unpaired) electrons. The summed E-state index contributed by atoms with van der Waals surface area (Å²) in [5.74, 6) is 0.743. The molecule has 2 heterocycles. The molecule has 0 atom stereocenters. The van der Waals surface area contributed by atoms with Gasteiger partial charge in [-0.3, -0.25) is 4.98 Å². The molecule has 5 nitrogen and oxygen atoms in total. The van der Waals surface area contributed by atoms with E-state index in [1.165, 1.54) is 33.0 Å². The van der Waals surface area contributed by atoms with Crippen LogP contribution in [-0.4, -0.2) is 19.6 Å². The number of H-pyrrole nitrogens is 1. The molecule has 130 valence electrons. The Labute approximate surface area is 155 Å². The average molecular weight is 362 g/mol. The van der Waals surface area contributed by atoms with Gasteiger partial charge in [0, 0.05) is 11.3 Å². The minimum atomic E-state index is -0.278. The summed E-state index contributed by atoms with van der Waals surface area (Å²) in [4.78, 5) is 19.8. The van der Waals surface area contributed by atoms with Crippen molar-refractivity contribution in [3.05, 3.63) is 81.9 Å². The van der Waals surface area contributed by atoms with E-state index < -0.39 is 0 Å². The van der Waals surface area contributed by atoms with Gasteiger partial charge in [-0.05, 0) is 25.0 Å². The Morgan fingerprint density at radius 1 is 1.00 bits per heavy atom. The predicted octanol–water partition coefficient (Wildman–Crippen LogP) is 3.99. The van der Waals surface area contributed by atoms with Gasteiger partial charge in [0.05, 0.1) is 6.20 Å². The van der Waals surface area contributed by atoms with Gasteiger partial charge in [-0.1, -0.05) is 71.4 Å². The molecule has 0 saturated carbocycles. The van der Waals surface area contributed by atoms with Crippen molar-refractivity contribution >= 4 is 17.4 Å². The van der Waals surface area contributed by atoms with Gasteiger partial charge in [-0.2, -0.15) is 9.61 Å². The molecule has 0 amide bonds. The third-order valence-electron chi connectivity index (χ3n) is 4.22. The number of hydrogen-bond acceptors (Lipinski definition) is 4. The lowest BCUT2D eigenvalue weighted by Gasteiger charge is -2.04. The van der Waals surface area contributed by atoms with Crippen molar-refractivity contribution in [1.29, 1.82) is 0 Å². The van der Waals surface area contributed by atoms with Crippen LogP contribution in [0.4, 0.5) is 0 Å². The number of hydrogen-bond donors (Lipinski definition) is 1. The largest absolute Gasteiger partial charge is 0.350 e. The van der Waals surface area contributed by atoms with Crippen molar-refractivity contribution in [2.24, 2.45) is 0 Å². The van der Waals surface area contributed by atoms with Crippen LogP contribution in [0.1, 0.15) is 16.7 Å². The van der Waals surface area contributed by atoms with Crippen molar-refractivity contribution in [3.63, 3.8) is 0 Å². The number of thioether (sulfide) groups is 1. The third kappa shape index (κ3) is 3.28. The van der Waals surface area contributed by atoms with Crippen LogP contribution in [0.25, 0.3) is 16.8 Å². The first kappa shape index (κ1) is 16.6. The van der Waals surface area contributed by atoms with Crippen molar-refractivity contribution < 1.29 is 0 Å². The highest BCUT2D eigenvalue weighted by molar-refractivity contribution is 7.98. The van der Waals surface area contributed by atoms with Crippen LogP contribution in [0.5, 0.6) is 0 Å². The van der Waals surface area contributed by atoms with Gasteiger partial charge in [-0.25, -0.2) is 9.78 Å². The number of nitrogens with one attached hydrogen (secondary N) is 1. The van der Waals surface area contributed by atoms with E-state index in [1.54, 1.807) is 6.20 Å². The summed E-state index contributed by atoms with van der Waals surface area (Å²) < 4.78 is 1.31. The van der Waals surface area contributed by atoms with Crippen LogP contribution in [0.2, 0.25) is 0 Å². The Morgan fingerprint density at radius 3 is 2.35 bits per heavy atom. The number of aromatic nitrogens is 4. The Morgan fingerprint density at radius 2 is 1.65 bits per heavy atom. The van der Waals surface area contributed by atoms with Crippen LogP contribution in [0, 0.1) is 13.8 Å². The fourth-order valence-electron chi connectivity index (χ4n) is 2.71. The van der Waals surface area contributed by atoms with Crippen LogP contribution in [0.3, 0.4) is 0 Å². The van der Waals surface area contributed by atoms with Crippen molar-refractivity contribution in [2.75, 3.05) is 0 Å². The molecule has 0 aliphatic carbocycles. The first-order chi connectivity index (χ1) is 12.6. The van der Waals surface area contributed by atoms with Gasteiger partial charge >= 0.3 is 5.69 Å². The molecule has 0 unspecified atom stereocenters. The van der Waals surface area contributed by atoms with Crippen molar-refractivity contribution in [3.8, 4) is 11.1 Å². The monoisotopic (exact) mass is 362 g/mol. The normalized spacial score (nSPS) is 11.2. The maximum atomic E-state index is 12.3. The molecular formula is C20H18N4OS. The number of rotatable bonds is 4. The summed E-state index contributed by atoms with van der Waals surface area (Å²) in [6.45, 7) is 4.11. The summed E-state index contributed by atoms with van der Waals surface area (Å²) in [6, 6.07) is 16.5. The molecule has 0 saturated heterocycles. The Bertz CT molecular complexity index is 1110. The lowest BCUT2D eigenvalue weighted by atomic mass is 10.1. The summed E-state index contributed by atoms with van der Waals surface area (Å²) in [7, 11) is 0. The third-order valence-corrected chi connectivity index (χ3v) is 5.16. The summed E-state index contributed by atoms with van der Waals surface area (Å²) >= 11 is 1.51. The average Bonchev–Trinajstić information content (AvgIpc) is 3.06. The molecule has 4 rings (SSSR count). The van der Waals surface area contributed by atoms with Crippen LogP contribution >= 0.6 is 11.8 Å². The van der Waals surface area contributed by atoms with Crippen LogP contribution < -0.4 is 5.69 Å². The molecule has 2 aromatic heterocycles. The lowest BCUT2D eigenvalue weighted by molar-refractivity contribution is 0.786. The van der Waals surface area contributed by atoms with Gasteiger partial charge in [0.1, 0.15) is 0 Å². The zero-order valence-electron chi connectivity index (χ0n) is 14.6. The summed E-state index contributed by atoms with van der Waals surface area (Å²) in [5, 5.41) is 4.78. The molecule has 2 aromatic carbocycles. The molecule has 26 heavy (non-hydrogen) atoms. The zero-order valence-corrected chi connectivity index (χ0v) is 15.4. The van der Waals surface area contributed by atoms with Crippen molar-refractivity contribution in [1.82, 2.24) is 19.6 Å². The first-order valence-corrected chi connectivity index (χ1v) is 9.32. The van der Waals surface area contributed by atoms with E-state index in [1.807, 2.05) is 31.2 Å². The van der Waals surface area contributed by atoms with E-state index in [0.29, 0.717) is 10.8 Å². The number of benzene rings is 2. The fourth-order valence-corrected chi connectivity index (χ4v) is 3.51. The van der Waals surface area contributed by atoms with Crippen LogP contribution in [-0.2, 0) is 5.75 Å². The molecule has 4 aromatic rings. The zero-order chi connectivity index (χ0) is 18.1. The topological polar surface area (TPSA) is 63.1 Å². The van der Waals surface area contributed by atoms with Gasteiger partial charge in [0.2, 0.25) is 0 Å². The van der Waals surface area contributed by atoms with Crippen LogP contribution in [0.15, 0.2) is 64.7 Å². The predicted molar refractivity (Wildman–Crippen MR) is 105 cm³/mol. The molecule has 0 spiro atoms. The van der Waals surface area contributed by atoms with Gasteiger partial charge in [-0.15, -0.1) is 0 Å². The van der Waals surface area contributed by atoms with Crippen molar-refractivity contribution in [2.45, 2.75) is 24.8 Å². The molecule has 0 fully saturated rings. The maximum Gasteiger partial charge on any atom is 0.350 e. The quantitative estimate of drug-likeness (QED) is 0.558. The molecular weight excluding hydrogens is 344 g/mol. The number of nitrogens with zero attached hydrogens (tertiary/aromatic N) is 3. The minimum Gasteiger partial charge on any atom is -0.285 e. The molecule has 1 N–H and O–H groups in total. The van der Waals surface area contributed by atoms with E-state index in [-0.39, 0.29) is 5.69 Å². The first-order valence-electron chi connectivity index (χ1n) is 8.33. The smallest absolute Gasteiger partial charge is 0.285 e. The number of aromatic amines is 1. The number of aryl methyl sites for hydroxylation is 2. The highest BCUT2D eigenvalue weighted by Gasteiger charge is 2.12. The Kier molecular flexibility index (Phi) is 4.34. The molecule has 0 aliphatic rings. The van der Waals surface area contributed by atoms with E-state index in [4.69, 9.17) is 0 Å². The highest BCUT2D eigenvalue weighted by Crippen LogP contribution is 2.25. The van der Waals surface area contributed by atoms with E-state index >= 15 is 0 Å². The van der Waals surface area contributed by atoms with Gasteiger partial charge in [0.25, 0.3) is 0 Å². The van der Waals surface area contributed by atoms with E-state index in [0.717, 1.165) is 16.9 Å². The number of fused-ring (bicyclic) bond motifs is 1. The van der Waals surface area contributed by atoms with E-state index in [2.05, 4.69) is 46.3 Å². The second-order valence-corrected chi connectivity index (χ2v) is 7.25. The summed E-state index contributed by atoms with van der Waals surface area (Å²) in [5.41, 5.74) is 5.75. The van der Waals surface area contributed by atoms with Gasteiger partial charge < -0.3 is 0 Å². The minimum absolute atomic E-state index is 0.278. The fraction of sp³-hybridized carbons (Fsp3) is 0.150. The Balaban J connectivity index is 1.68. The molecule has 6 heteroatoms. The Hall–Kier alpha value is -2.86. The van der Waals surface area contributed by atoms with E-state index in [9.17, 15) is 4.79 Å². The van der Waals surface area contributed by atoms with Gasteiger partial charge in [0.15, 0.2) is 10.8 Å². The second-order valence-electron chi connectivity index (χ2n) is 6.28. The maximum absolute atomic E-state index is 12.3. The highest BCUT2D eigenvalue weighted by atomic mass is 32.2. The molecule has 0 bridgehead atoms. The summed E-state index contributed by atoms with van der Waals surface area (Å²) in [6.07, 6.45) is 1.69. The second kappa shape index (κ2) is 6.80. The SMILES string of the molecule is Cc1ccc(CSc2nc3c(-c4ccc(C)cc4)cnn3c(=O)[nH]2)cc1. The molecule has 0 aliphatic heterocycles.